The molecular formula is C8H19BN2O. The number of nitrogens with zero attached hydrogens (tertiary/aromatic N) is 1. The number of hydrogen-bond acceptors (Lipinski definition) is 2. The fourth-order valence-electron chi connectivity index (χ4n) is 0.900. The topological polar surface area (TPSA) is 32.3 Å². The van der Waals surface area contributed by atoms with Gasteiger partial charge in [0, 0.05) is 20.5 Å². The van der Waals surface area contributed by atoms with Crippen LogP contribution in [0.5, 0.6) is 0 Å². The molecule has 0 atom stereocenters. The highest BCUT2D eigenvalue weighted by Gasteiger charge is 2.00. The Hall–Kier alpha value is -0.505. The van der Waals surface area contributed by atoms with E-state index < -0.39 is 0 Å². The van der Waals surface area contributed by atoms with E-state index in [1.807, 2.05) is 7.05 Å². The summed E-state index contributed by atoms with van der Waals surface area (Å²) in [5, 5.41) is 3.29. The summed E-state index contributed by atoms with van der Waals surface area (Å²) < 4.78 is 0. The van der Waals surface area contributed by atoms with Crippen LogP contribution in [0.3, 0.4) is 0 Å². The Bertz CT molecular complexity index is 130. The molecule has 0 aliphatic rings. The third-order valence-electron chi connectivity index (χ3n) is 1.81. The summed E-state index contributed by atoms with van der Waals surface area (Å²) in [6.45, 7) is 5.67. The zero-order valence-electron chi connectivity index (χ0n) is 8.39. The second kappa shape index (κ2) is 7.16. The molecule has 0 rings (SSSR count). The Labute approximate surface area is 75.8 Å². The first kappa shape index (κ1) is 11.5. The first-order valence-corrected chi connectivity index (χ1v) is 4.61. The smallest absolute Gasteiger partial charge is 0.219 e. The van der Waals surface area contributed by atoms with Crippen molar-refractivity contribution >= 4 is 13.3 Å². The quantitative estimate of drug-likeness (QED) is 0.457. The molecule has 4 heteroatoms. The van der Waals surface area contributed by atoms with Crippen LogP contribution in [0.2, 0.25) is 6.32 Å². The van der Waals surface area contributed by atoms with Gasteiger partial charge in [-0.2, -0.15) is 0 Å². The van der Waals surface area contributed by atoms with Gasteiger partial charge in [0.15, 0.2) is 0 Å². The van der Waals surface area contributed by atoms with E-state index in [-0.39, 0.29) is 5.91 Å². The first-order valence-electron chi connectivity index (χ1n) is 4.61. The van der Waals surface area contributed by atoms with Gasteiger partial charge in [0.1, 0.15) is 0 Å². The summed E-state index contributed by atoms with van der Waals surface area (Å²) in [7, 11) is 2.84. The van der Waals surface area contributed by atoms with Crippen molar-refractivity contribution in [3.8, 4) is 0 Å². The maximum Gasteiger partial charge on any atom is 0.219 e. The molecular weight excluding hydrogens is 151 g/mol. The van der Waals surface area contributed by atoms with Gasteiger partial charge in [-0.1, -0.05) is 6.92 Å². The van der Waals surface area contributed by atoms with Gasteiger partial charge in [0.05, 0.1) is 0 Å². The Morgan fingerprint density at radius 2 is 2.25 bits per heavy atom. The predicted molar refractivity (Wildman–Crippen MR) is 53.6 cm³/mol. The van der Waals surface area contributed by atoms with Gasteiger partial charge >= 0.3 is 0 Å². The molecule has 0 aromatic heterocycles. The lowest BCUT2D eigenvalue weighted by molar-refractivity contribution is -0.127. The van der Waals surface area contributed by atoms with Crippen LogP contribution in [0, 0.1) is 0 Å². The molecule has 12 heavy (non-hydrogen) atoms. The van der Waals surface area contributed by atoms with Crippen molar-refractivity contribution < 1.29 is 4.79 Å². The summed E-state index contributed by atoms with van der Waals surface area (Å²) in [5.41, 5.74) is 0. The van der Waals surface area contributed by atoms with E-state index in [1.54, 1.807) is 11.8 Å². The zero-order chi connectivity index (χ0) is 9.40. The van der Waals surface area contributed by atoms with Gasteiger partial charge < -0.3 is 10.1 Å². The third-order valence-corrected chi connectivity index (χ3v) is 1.81. The van der Waals surface area contributed by atoms with Crippen molar-refractivity contribution in [3.63, 3.8) is 0 Å². The minimum absolute atomic E-state index is 0.144. The second-order valence-corrected chi connectivity index (χ2v) is 3.04. The molecule has 0 aromatic rings. The Morgan fingerprint density at radius 1 is 1.58 bits per heavy atom. The molecule has 0 aliphatic heterocycles. The summed E-state index contributed by atoms with van der Waals surface area (Å²) in [6, 6.07) is 0. The fraction of sp³-hybridized carbons (Fsp3) is 0.875. The molecule has 3 nitrogen and oxygen atoms in total. The van der Waals surface area contributed by atoms with Crippen LogP contribution in [0.25, 0.3) is 0 Å². The van der Waals surface area contributed by atoms with Crippen LogP contribution in [0.4, 0.5) is 0 Å². The fourth-order valence-corrected chi connectivity index (χ4v) is 0.900. The van der Waals surface area contributed by atoms with Crippen molar-refractivity contribution in [2.45, 2.75) is 26.6 Å². The molecule has 1 amide bonds. The summed E-state index contributed by atoms with van der Waals surface area (Å²) in [5.74, 6) is 0.144. The van der Waals surface area contributed by atoms with E-state index in [1.165, 1.54) is 6.42 Å². The van der Waals surface area contributed by atoms with Gasteiger partial charge in [-0.05, 0) is 19.3 Å². The molecule has 0 radical (unpaired) electrons. The van der Waals surface area contributed by atoms with Crippen LogP contribution in [-0.2, 0) is 4.79 Å². The maximum absolute atomic E-state index is 10.8. The standard InChI is InChI=1S/C8H19BN2O/c1-4-6-10-9-5-7-11(3)8(2)12/h9-10H,4-7H2,1-3H3. The minimum atomic E-state index is 0.144. The van der Waals surface area contributed by atoms with Gasteiger partial charge in [-0.3, -0.25) is 4.79 Å². The SMILES string of the molecule is CCCNBCCN(C)C(C)=O. The van der Waals surface area contributed by atoms with Gasteiger partial charge in [-0.15, -0.1) is 0 Å². The maximum atomic E-state index is 10.8. The second-order valence-electron chi connectivity index (χ2n) is 3.04. The molecule has 0 unspecified atom stereocenters. The number of hydrogen-bond donors (Lipinski definition) is 1. The molecule has 0 bridgehead atoms. The Kier molecular flexibility index (Phi) is 6.86. The van der Waals surface area contributed by atoms with E-state index in [0.717, 1.165) is 26.8 Å². The van der Waals surface area contributed by atoms with Crippen LogP contribution in [0.1, 0.15) is 20.3 Å². The van der Waals surface area contributed by atoms with E-state index >= 15 is 0 Å². The van der Waals surface area contributed by atoms with E-state index in [2.05, 4.69) is 12.2 Å². The van der Waals surface area contributed by atoms with Crippen molar-refractivity contribution in [1.29, 1.82) is 0 Å². The number of carbonyl (C=O) groups excluding carboxylic acids is 1. The molecule has 70 valence electrons. The molecule has 0 spiro atoms. The minimum Gasteiger partial charge on any atom is -0.359 e. The van der Waals surface area contributed by atoms with Crippen LogP contribution in [-0.4, -0.2) is 38.4 Å². The normalized spacial score (nSPS) is 9.58. The Balaban J connectivity index is 3.14. The monoisotopic (exact) mass is 170 g/mol. The molecule has 0 saturated carbocycles. The average molecular weight is 170 g/mol. The predicted octanol–water partition coefficient (Wildman–Crippen LogP) is 0.234. The van der Waals surface area contributed by atoms with E-state index in [0.29, 0.717) is 0 Å². The summed E-state index contributed by atoms with van der Waals surface area (Å²) in [4.78, 5) is 12.5. The molecule has 0 saturated heterocycles. The summed E-state index contributed by atoms with van der Waals surface area (Å²) >= 11 is 0. The van der Waals surface area contributed by atoms with E-state index in [4.69, 9.17) is 0 Å². The number of nitrogens with one attached hydrogen (secondary N) is 1. The van der Waals surface area contributed by atoms with Crippen LogP contribution < -0.4 is 5.23 Å². The molecule has 0 heterocycles. The van der Waals surface area contributed by atoms with Crippen LogP contribution >= 0.6 is 0 Å². The lowest BCUT2D eigenvalue weighted by atomic mass is 9.89. The van der Waals surface area contributed by atoms with Gasteiger partial charge in [0.2, 0.25) is 13.3 Å². The largest absolute Gasteiger partial charge is 0.359 e. The summed E-state index contributed by atoms with van der Waals surface area (Å²) in [6.07, 6.45) is 2.21. The first-order chi connectivity index (χ1) is 5.68. The van der Waals surface area contributed by atoms with E-state index in [9.17, 15) is 4.79 Å². The molecule has 1 N–H and O–H groups in total. The highest BCUT2D eigenvalue weighted by molar-refractivity contribution is 6.32. The third kappa shape index (κ3) is 6.22. The zero-order valence-corrected chi connectivity index (χ0v) is 8.39. The molecule has 0 aromatic carbocycles. The lowest BCUT2D eigenvalue weighted by Crippen LogP contribution is -2.29. The number of rotatable bonds is 6. The van der Waals surface area contributed by atoms with Crippen molar-refractivity contribution in [2.24, 2.45) is 0 Å². The molecule has 0 fully saturated rings. The Morgan fingerprint density at radius 3 is 2.75 bits per heavy atom. The van der Waals surface area contributed by atoms with Crippen molar-refractivity contribution in [2.75, 3.05) is 20.1 Å². The average Bonchev–Trinajstić information content (AvgIpc) is 2.03. The van der Waals surface area contributed by atoms with Gasteiger partial charge in [-0.25, -0.2) is 0 Å². The highest BCUT2D eigenvalue weighted by atomic mass is 16.2. The van der Waals surface area contributed by atoms with Gasteiger partial charge in [0.25, 0.3) is 0 Å². The van der Waals surface area contributed by atoms with Crippen molar-refractivity contribution in [1.82, 2.24) is 10.1 Å². The molecule has 0 aliphatic carbocycles. The highest BCUT2D eigenvalue weighted by Crippen LogP contribution is 1.86. The van der Waals surface area contributed by atoms with Crippen molar-refractivity contribution in [3.05, 3.63) is 0 Å². The van der Waals surface area contributed by atoms with Crippen LogP contribution in [0.15, 0.2) is 0 Å². The number of amides is 1. The number of carbonyl (C=O) groups is 1. The lowest BCUT2D eigenvalue weighted by Gasteiger charge is -2.13.